The maximum absolute atomic E-state index is 11.5. The molecule has 4 heteroatoms. The molecule has 0 aromatic rings. The molecular weight excluding hydrogens is 203 g/mol. The van der Waals surface area contributed by atoms with Crippen LogP contribution in [0.2, 0.25) is 0 Å². The molecule has 1 saturated heterocycles. The van der Waals surface area contributed by atoms with E-state index in [0.717, 1.165) is 17.5 Å². The third kappa shape index (κ3) is 1.64. The maximum Gasteiger partial charge on any atom is 0.490 e. The molecule has 0 atom stereocenters. The van der Waals surface area contributed by atoms with Gasteiger partial charge in [0.25, 0.3) is 0 Å². The van der Waals surface area contributed by atoms with E-state index in [-0.39, 0.29) is 24.1 Å². The molecule has 2 rings (SSSR count). The topological polar surface area (TPSA) is 35.5 Å². The van der Waals surface area contributed by atoms with Gasteiger partial charge in [0, 0.05) is 6.42 Å². The lowest BCUT2D eigenvalue weighted by atomic mass is 9.76. The average molecular weight is 222 g/mol. The molecule has 16 heavy (non-hydrogen) atoms. The van der Waals surface area contributed by atoms with Crippen LogP contribution in [0.5, 0.6) is 0 Å². The van der Waals surface area contributed by atoms with Crippen molar-refractivity contribution in [1.29, 1.82) is 0 Å². The number of rotatable bonds is 1. The second-order valence-electron chi connectivity index (χ2n) is 5.66. The van der Waals surface area contributed by atoms with Crippen LogP contribution in [0.15, 0.2) is 11.0 Å². The van der Waals surface area contributed by atoms with Crippen molar-refractivity contribution in [2.75, 3.05) is 0 Å². The van der Waals surface area contributed by atoms with Gasteiger partial charge in [-0.05, 0) is 52.1 Å². The molecular formula is C12H19BO3. The van der Waals surface area contributed by atoms with Crippen LogP contribution >= 0.6 is 0 Å². The molecule has 1 heterocycles. The van der Waals surface area contributed by atoms with E-state index in [9.17, 15) is 4.79 Å². The zero-order valence-electron chi connectivity index (χ0n) is 10.7. The molecule has 0 aromatic carbocycles. The Morgan fingerprint density at radius 1 is 1.06 bits per heavy atom. The third-order valence-electron chi connectivity index (χ3n) is 4.06. The molecule has 0 spiro atoms. The molecule has 2 aliphatic rings. The van der Waals surface area contributed by atoms with Gasteiger partial charge in [0.1, 0.15) is 0 Å². The molecule has 88 valence electrons. The van der Waals surface area contributed by atoms with E-state index in [1.807, 2.05) is 34.6 Å². The van der Waals surface area contributed by atoms with E-state index in [1.54, 1.807) is 0 Å². The van der Waals surface area contributed by atoms with Crippen molar-refractivity contribution in [2.45, 2.75) is 58.7 Å². The Morgan fingerprint density at radius 3 is 1.94 bits per heavy atom. The second-order valence-corrected chi connectivity index (χ2v) is 5.66. The summed E-state index contributed by atoms with van der Waals surface area (Å²) in [6.07, 6.45) is 1.38. The number of allylic oxidation sites excluding steroid dienone is 2. The lowest BCUT2D eigenvalue weighted by molar-refractivity contribution is -0.114. The first-order valence-corrected chi connectivity index (χ1v) is 5.83. The summed E-state index contributed by atoms with van der Waals surface area (Å²) in [6.45, 7) is 9.98. The zero-order valence-corrected chi connectivity index (χ0v) is 10.7. The predicted octanol–water partition coefficient (Wildman–Crippen LogP) is 2.30. The third-order valence-corrected chi connectivity index (χ3v) is 4.06. The predicted molar refractivity (Wildman–Crippen MR) is 63.0 cm³/mol. The summed E-state index contributed by atoms with van der Waals surface area (Å²) in [7, 11) is -0.337. The van der Waals surface area contributed by atoms with Crippen molar-refractivity contribution in [3.8, 4) is 0 Å². The summed E-state index contributed by atoms with van der Waals surface area (Å²) in [5, 5.41) is 0. The van der Waals surface area contributed by atoms with Gasteiger partial charge in [0.2, 0.25) is 0 Å². The second kappa shape index (κ2) is 3.44. The lowest BCUT2D eigenvalue weighted by Crippen LogP contribution is -2.41. The summed E-state index contributed by atoms with van der Waals surface area (Å²) >= 11 is 0. The van der Waals surface area contributed by atoms with Gasteiger partial charge in [0.05, 0.1) is 11.2 Å². The molecule has 0 N–H and O–H groups in total. The number of ketones is 1. The van der Waals surface area contributed by atoms with Gasteiger partial charge in [-0.25, -0.2) is 0 Å². The van der Waals surface area contributed by atoms with Crippen LogP contribution < -0.4 is 0 Å². The molecule has 0 unspecified atom stereocenters. The van der Waals surface area contributed by atoms with Crippen LogP contribution in [0, 0.1) is 0 Å². The first-order valence-electron chi connectivity index (χ1n) is 5.83. The van der Waals surface area contributed by atoms with E-state index in [1.165, 1.54) is 0 Å². The number of hydrogen-bond donors (Lipinski definition) is 0. The van der Waals surface area contributed by atoms with Gasteiger partial charge in [-0.1, -0.05) is 0 Å². The molecule has 0 amide bonds. The molecule has 1 aliphatic heterocycles. The fourth-order valence-corrected chi connectivity index (χ4v) is 2.08. The van der Waals surface area contributed by atoms with Crippen LogP contribution in [-0.2, 0) is 14.1 Å². The van der Waals surface area contributed by atoms with Crippen LogP contribution in [0.4, 0.5) is 0 Å². The van der Waals surface area contributed by atoms with Crippen LogP contribution in [0.1, 0.15) is 47.5 Å². The number of Topliss-reactive ketones (excluding diaryl/α,β-unsaturated/α-hetero) is 1. The zero-order chi connectivity index (χ0) is 12.1. The van der Waals surface area contributed by atoms with Crippen molar-refractivity contribution >= 4 is 12.9 Å². The Bertz CT molecular complexity index is 352. The van der Waals surface area contributed by atoms with E-state index in [4.69, 9.17) is 9.31 Å². The van der Waals surface area contributed by atoms with Crippen molar-refractivity contribution in [3.05, 3.63) is 11.0 Å². The van der Waals surface area contributed by atoms with Gasteiger partial charge >= 0.3 is 7.12 Å². The fourth-order valence-electron chi connectivity index (χ4n) is 2.08. The smallest absolute Gasteiger partial charge is 0.400 e. The first kappa shape index (κ1) is 11.9. The van der Waals surface area contributed by atoms with Crippen LogP contribution in [-0.4, -0.2) is 24.1 Å². The van der Waals surface area contributed by atoms with Gasteiger partial charge in [0.15, 0.2) is 5.78 Å². The van der Waals surface area contributed by atoms with Gasteiger partial charge in [-0.15, -0.1) is 0 Å². The highest BCUT2D eigenvalue weighted by atomic mass is 16.7. The molecule has 0 bridgehead atoms. The minimum absolute atomic E-state index is 0.227. The van der Waals surface area contributed by atoms with Gasteiger partial charge in [-0.3, -0.25) is 4.79 Å². The van der Waals surface area contributed by atoms with Crippen molar-refractivity contribution in [1.82, 2.24) is 0 Å². The van der Waals surface area contributed by atoms with Crippen LogP contribution in [0.3, 0.4) is 0 Å². The largest absolute Gasteiger partial charge is 0.490 e. The minimum Gasteiger partial charge on any atom is -0.400 e. The molecule has 0 saturated carbocycles. The Morgan fingerprint density at radius 2 is 1.56 bits per heavy atom. The van der Waals surface area contributed by atoms with Crippen molar-refractivity contribution in [3.63, 3.8) is 0 Å². The van der Waals surface area contributed by atoms with Crippen molar-refractivity contribution < 1.29 is 14.1 Å². The minimum atomic E-state index is -0.337. The van der Waals surface area contributed by atoms with E-state index < -0.39 is 0 Å². The number of hydrogen-bond acceptors (Lipinski definition) is 3. The normalized spacial score (nSPS) is 28.1. The average Bonchev–Trinajstić information content (AvgIpc) is 2.54. The first-order chi connectivity index (χ1) is 7.24. The molecule has 3 nitrogen and oxygen atoms in total. The summed E-state index contributed by atoms with van der Waals surface area (Å²) in [6, 6.07) is 0. The number of carbonyl (C=O) groups is 1. The van der Waals surface area contributed by atoms with E-state index >= 15 is 0 Å². The highest BCUT2D eigenvalue weighted by Gasteiger charge is 2.53. The Hall–Kier alpha value is -0.605. The Kier molecular flexibility index (Phi) is 2.55. The van der Waals surface area contributed by atoms with Gasteiger partial charge < -0.3 is 9.31 Å². The quantitative estimate of drug-likeness (QED) is 0.638. The summed E-state index contributed by atoms with van der Waals surface area (Å²) in [5.74, 6) is 0.227. The molecule has 1 fully saturated rings. The highest BCUT2D eigenvalue weighted by Crippen LogP contribution is 2.41. The number of carbonyl (C=O) groups excluding carboxylic acids is 1. The summed E-state index contributed by atoms with van der Waals surface area (Å²) < 4.78 is 11.9. The summed E-state index contributed by atoms with van der Waals surface area (Å²) in [4.78, 5) is 11.5. The summed E-state index contributed by atoms with van der Waals surface area (Å²) in [5.41, 5.74) is 1.22. The molecule has 0 aromatic heterocycles. The standard InChI is InChI=1S/C12H19BO3/c1-8-9(6-7-10(8)14)13-15-11(2,3)12(4,5)16-13/h6-7H2,1-5H3. The van der Waals surface area contributed by atoms with Crippen LogP contribution in [0.25, 0.3) is 0 Å². The highest BCUT2D eigenvalue weighted by molar-refractivity contribution is 6.56. The maximum atomic E-state index is 11.5. The monoisotopic (exact) mass is 222 g/mol. The van der Waals surface area contributed by atoms with Gasteiger partial charge in [-0.2, -0.15) is 0 Å². The van der Waals surface area contributed by atoms with E-state index in [0.29, 0.717) is 6.42 Å². The van der Waals surface area contributed by atoms with E-state index in [2.05, 4.69) is 0 Å². The van der Waals surface area contributed by atoms with Crippen molar-refractivity contribution in [2.24, 2.45) is 0 Å². The Balaban J connectivity index is 2.25. The SMILES string of the molecule is CC1=C(B2OC(C)(C)C(C)(C)O2)CCC1=O. The lowest BCUT2D eigenvalue weighted by Gasteiger charge is -2.32. The fraction of sp³-hybridized carbons (Fsp3) is 0.750. The Labute approximate surface area is 97.3 Å². The molecule has 1 aliphatic carbocycles. The molecule has 0 radical (unpaired) electrons.